The second kappa shape index (κ2) is 6.58. The van der Waals surface area contributed by atoms with Crippen molar-refractivity contribution in [1.29, 1.82) is 0 Å². The minimum atomic E-state index is 0.103. The molecule has 1 unspecified atom stereocenters. The van der Waals surface area contributed by atoms with Crippen molar-refractivity contribution in [3.63, 3.8) is 0 Å². The summed E-state index contributed by atoms with van der Waals surface area (Å²) in [7, 11) is 0. The number of ether oxygens (including phenoxy) is 1. The molecule has 0 aromatic carbocycles. The highest BCUT2D eigenvalue weighted by atomic mass is 16.5. The van der Waals surface area contributed by atoms with Gasteiger partial charge in [-0.25, -0.2) is 0 Å². The third kappa shape index (κ3) is 4.35. The molecule has 0 spiro atoms. The van der Waals surface area contributed by atoms with Gasteiger partial charge in [-0.05, 0) is 20.0 Å². The molecule has 0 rings (SSSR count). The second-order valence-corrected chi connectivity index (χ2v) is 2.41. The van der Waals surface area contributed by atoms with Gasteiger partial charge in [0.25, 0.3) is 0 Å². The normalized spacial score (nSPS) is 13.9. The van der Waals surface area contributed by atoms with E-state index in [1.807, 2.05) is 6.92 Å². The maximum absolute atomic E-state index is 8.50. The van der Waals surface area contributed by atoms with Crippen LogP contribution < -0.4 is 0 Å². The SMILES string of the molecule is CCN(CC)C(C)OCCO. The molecule has 3 nitrogen and oxygen atoms in total. The predicted octanol–water partition coefficient (Wildman–Crippen LogP) is 0.683. The largest absolute Gasteiger partial charge is 0.394 e. The van der Waals surface area contributed by atoms with E-state index in [0.717, 1.165) is 13.1 Å². The summed E-state index contributed by atoms with van der Waals surface area (Å²) in [5.74, 6) is 0. The number of hydrogen-bond donors (Lipinski definition) is 1. The van der Waals surface area contributed by atoms with Gasteiger partial charge in [0.1, 0.15) is 6.23 Å². The van der Waals surface area contributed by atoms with Crippen LogP contribution in [0.2, 0.25) is 0 Å². The Morgan fingerprint density at radius 3 is 2.27 bits per heavy atom. The minimum absolute atomic E-state index is 0.103. The van der Waals surface area contributed by atoms with Crippen LogP contribution in [-0.4, -0.2) is 42.5 Å². The van der Waals surface area contributed by atoms with E-state index in [2.05, 4.69) is 18.7 Å². The molecule has 68 valence electrons. The summed E-state index contributed by atoms with van der Waals surface area (Å²) in [6, 6.07) is 0. The van der Waals surface area contributed by atoms with Gasteiger partial charge in [-0.15, -0.1) is 0 Å². The standard InChI is InChI=1S/C8H19NO2/c1-4-9(5-2)8(3)11-7-6-10/h8,10H,4-7H2,1-3H3. The van der Waals surface area contributed by atoms with Gasteiger partial charge in [-0.1, -0.05) is 13.8 Å². The summed E-state index contributed by atoms with van der Waals surface area (Å²) in [4.78, 5) is 2.19. The Morgan fingerprint density at radius 2 is 1.91 bits per heavy atom. The zero-order chi connectivity index (χ0) is 8.69. The minimum Gasteiger partial charge on any atom is -0.394 e. The van der Waals surface area contributed by atoms with Crippen LogP contribution in [0, 0.1) is 0 Å². The number of aliphatic hydroxyl groups excluding tert-OH is 1. The van der Waals surface area contributed by atoms with Crippen LogP contribution in [-0.2, 0) is 4.74 Å². The molecule has 0 saturated carbocycles. The van der Waals surface area contributed by atoms with Gasteiger partial charge in [-0.2, -0.15) is 0 Å². The molecule has 1 N–H and O–H groups in total. The van der Waals surface area contributed by atoms with Crippen molar-refractivity contribution < 1.29 is 9.84 Å². The highest BCUT2D eigenvalue weighted by molar-refractivity contribution is 4.53. The third-order valence-electron chi connectivity index (χ3n) is 1.78. The molecule has 3 heteroatoms. The number of nitrogens with zero attached hydrogens (tertiary/aromatic N) is 1. The molecule has 0 aliphatic carbocycles. The average Bonchev–Trinajstić information content (AvgIpc) is 2.03. The lowest BCUT2D eigenvalue weighted by atomic mass is 10.4. The molecule has 0 radical (unpaired) electrons. The Bertz CT molecular complexity index is 84.2. The second-order valence-electron chi connectivity index (χ2n) is 2.41. The van der Waals surface area contributed by atoms with Gasteiger partial charge in [0.15, 0.2) is 0 Å². The highest BCUT2D eigenvalue weighted by Gasteiger charge is 2.08. The molecule has 0 aliphatic rings. The lowest BCUT2D eigenvalue weighted by molar-refractivity contribution is -0.0535. The first-order chi connectivity index (χ1) is 5.26. The topological polar surface area (TPSA) is 32.7 Å². The first-order valence-electron chi connectivity index (χ1n) is 4.22. The van der Waals surface area contributed by atoms with Crippen molar-refractivity contribution in [1.82, 2.24) is 4.90 Å². The smallest absolute Gasteiger partial charge is 0.107 e. The van der Waals surface area contributed by atoms with Crippen molar-refractivity contribution >= 4 is 0 Å². The summed E-state index contributed by atoms with van der Waals surface area (Å²) < 4.78 is 5.31. The molecule has 1 atom stereocenters. The molecule has 11 heavy (non-hydrogen) atoms. The van der Waals surface area contributed by atoms with E-state index >= 15 is 0 Å². The van der Waals surface area contributed by atoms with Gasteiger partial charge < -0.3 is 9.84 Å². The van der Waals surface area contributed by atoms with Gasteiger partial charge in [-0.3, -0.25) is 4.90 Å². The monoisotopic (exact) mass is 161 g/mol. The maximum atomic E-state index is 8.50. The Labute approximate surface area is 69.0 Å². The van der Waals surface area contributed by atoms with Gasteiger partial charge in [0, 0.05) is 0 Å². The molecule has 0 amide bonds. The molecule has 0 fully saturated rings. The van der Waals surface area contributed by atoms with Crippen molar-refractivity contribution in [2.45, 2.75) is 27.0 Å². The Balaban J connectivity index is 3.51. The molecule has 0 heterocycles. The Kier molecular flexibility index (Phi) is 6.51. The van der Waals surface area contributed by atoms with E-state index in [4.69, 9.17) is 9.84 Å². The van der Waals surface area contributed by atoms with Crippen LogP contribution in [0.4, 0.5) is 0 Å². The molecule has 0 aromatic rings. The maximum Gasteiger partial charge on any atom is 0.107 e. The van der Waals surface area contributed by atoms with E-state index in [0.29, 0.717) is 6.61 Å². The van der Waals surface area contributed by atoms with E-state index in [1.54, 1.807) is 0 Å². The van der Waals surface area contributed by atoms with Crippen LogP contribution in [0.1, 0.15) is 20.8 Å². The fraction of sp³-hybridized carbons (Fsp3) is 1.00. The first kappa shape index (κ1) is 10.9. The molecular formula is C8H19NO2. The van der Waals surface area contributed by atoms with Gasteiger partial charge in [0.05, 0.1) is 13.2 Å². The fourth-order valence-corrected chi connectivity index (χ4v) is 1.07. The van der Waals surface area contributed by atoms with Crippen molar-refractivity contribution in [3.8, 4) is 0 Å². The van der Waals surface area contributed by atoms with Crippen LogP contribution in [0.3, 0.4) is 0 Å². The van der Waals surface area contributed by atoms with E-state index in [1.165, 1.54) is 0 Å². The molecular weight excluding hydrogens is 142 g/mol. The predicted molar refractivity (Wildman–Crippen MR) is 45.4 cm³/mol. The van der Waals surface area contributed by atoms with Crippen molar-refractivity contribution in [2.75, 3.05) is 26.3 Å². The van der Waals surface area contributed by atoms with Crippen LogP contribution in [0.15, 0.2) is 0 Å². The molecule has 0 bridgehead atoms. The average molecular weight is 161 g/mol. The van der Waals surface area contributed by atoms with Gasteiger partial charge in [0.2, 0.25) is 0 Å². The van der Waals surface area contributed by atoms with Crippen LogP contribution in [0.25, 0.3) is 0 Å². The molecule has 0 saturated heterocycles. The first-order valence-corrected chi connectivity index (χ1v) is 4.22. The summed E-state index contributed by atoms with van der Waals surface area (Å²) in [5, 5.41) is 8.50. The van der Waals surface area contributed by atoms with Gasteiger partial charge >= 0.3 is 0 Å². The number of rotatable bonds is 6. The highest BCUT2D eigenvalue weighted by Crippen LogP contribution is 1.98. The van der Waals surface area contributed by atoms with Crippen molar-refractivity contribution in [3.05, 3.63) is 0 Å². The number of aliphatic hydroxyl groups is 1. The Morgan fingerprint density at radius 1 is 1.36 bits per heavy atom. The number of hydrogen-bond acceptors (Lipinski definition) is 3. The fourth-order valence-electron chi connectivity index (χ4n) is 1.07. The quantitative estimate of drug-likeness (QED) is 0.582. The van der Waals surface area contributed by atoms with Crippen molar-refractivity contribution in [2.24, 2.45) is 0 Å². The van der Waals surface area contributed by atoms with Crippen LogP contribution >= 0.6 is 0 Å². The van der Waals surface area contributed by atoms with E-state index < -0.39 is 0 Å². The summed E-state index contributed by atoms with van der Waals surface area (Å²) >= 11 is 0. The summed E-state index contributed by atoms with van der Waals surface area (Å²) in [5.41, 5.74) is 0. The summed E-state index contributed by atoms with van der Waals surface area (Å²) in [6.07, 6.45) is 0.122. The zero-order valence-corrected chi connectivity index (χ0v) is 7.71. The Hall–Kier alpha value is -0.120. The third-order valence-corrected chi connectivity index (χ3v) is 1.78. The molecule has 0 aliphatic heterocycles. The molecule has 0 aromatic heterocycles. The van der Waals surface area contributed by atoms with E-state index in [9.17, 15) is 0 Å². The lowest BCUT2D eigenvalue weighted by Gasteiger charge is -2.25. The van der Waals surface area contributed by atoms with E-state index in [-0.39, 0.29) is 12.8 Å². The lowest BCUT2D eigenvalue weighted by Crippen LogP contribution is -2.35. The summed E-state index contributed by atoms with van der Waals surface area (Å²) in [6.45, 7) is 8.71. The zero-order valence-electron chi connectivity index (χ0n) is 7.71. The van der Waals surface area contributed by atoms with Crippen LogP contribution in [0.5, 0.6) is 0 Å².